The molecular weight excluding hydrogens is 475 g/mol. The van der Waals surface area contributed by atoms with E-state index in [2.05, 4.69) is 4.90 Å². The summed E-state index contributed by atoms with van der Waals surface area (Å²) in [5, 5.41) is 22.7. The number of hydrogen-bond acceptors (Lipinski definition) is 5. The van der Waals surface area contributed by atoms with E-state index in [4.69, 9.17) is 4.74 Å². The average Bonchev–Trinajstić information content (AvgIpc) is 2.87. The van der Waals surface area contributed by atoms with Gasteiger partial charge in [-0.3, -0.25) is 0 Å². The summed E-state index contributed by atoms with van der Waals surface area (Å²) >= 11 is 0. The Morgan fingerprint density at radius 1 is 0.917 bits per heavy atom. The van der Waals surface area contributed by atoms with Crippen LogP contribution >= 0.6 is 0 Å². The molecule has 1 fully saturated rings. The van der Waals surface area contributed by atoms with Crippen molar-refractivity contribution in [3.05, 3.63) is 101 Å². The van der Waals surface area contributed by atoms with Gasteiger partial charge in [0.2, 0.25) is 0 Å². The Labute approximate surface area is 232 Å². The maximum absolute atomic E-state index is 13.6. The van der Waals surface area contributed by atoms with Crippen LogP contribution in [-0.4, -0.2) is 42.2 Å². The van der Waals surface area contributed by atoms with Gasteiger partial charge in [-0.1, -0.05) is 24.3 Å². The van der Waals surface area contributed by atoms with Gasteiger partial charge < -0.3 is 24.6 Å². The summed E-state index contributed by atoms with van der Waals surface area (Å²) in [7, 11) is 0. The van der Waals surface area contributed by atoms with Gasteiger partial charge >= 0.3 is 29.6 Å². The molecule has 1 saturated heterocycles. The van der Waals surface area contributed by atoms with E-state index in [-0.39, 0.29) is 52.7 Å². The quantitative estimate of drug-likeness (QED) is 0.345. The van der Waals surface area contributed by atoms with Gasteiger partial charge in [-0.2, -0.15) is 0 Å². The van der Waals surface area contributed by atoms with Crippen LogP contribution in [0.3, 0.4) is 0 Å². The molecule has 0 bridgehead atoms. The number of hydrogen-bond donors (Lipinski definition) is 1. The number of carbonyl (C=O) groups is 1. The average molecular weight is 504 g/mol. The number of carboxylic acids is 1. The van der Waals surface area contributed by atoms with E-state index >= 15 is 0 Å². The molecule has 1 N–H and O–H groups in total. The van der Waals surface area contributed by atoms with E-state index in [0.29, 0.717) is 23.5 Å². The van der Waals surface area contributed by atoms with Gasteiger partial charge in [-0.05, 0) is 103 Å². The fourth-order valence-corrected chi connectivity index (χ4v) is 4.79. The third-order valence-electron chi connectivity index (χ3n) is 6.72. The van der Waals surface area contributed by atoms with Crippen LogP contribution in [0.25, 0.3) is 0 Å². The van der Waals surface area contributed by atoms with Crippen molar-refractivity contribution >= 4 is 5.97 Å². The Kier molecular flexibility index (Phi) is 10.0. The molecule has 1 aliphatic rings. The number of aromatic carboxylic acids is 1. The van der Waals surface area contributed by atoms with E-state index in [0.717, 1.165) is 38.9 Å². The van der Waals surface area contributed by atoms with Crippen LogP contribution in [0.15, 0.2) is 72.8 Å². The Hall–Kier alpha value is -2.29. The third-order valence-corrected chi connectivity index (χ3v) is 6.72. The van der Waals surface area contributed by atoms with Crippen molar-refractivity contribution in [3.8, 4) is 5.75 Å². The molecule has 184 valence electrons. The van der Waals surface area contributed by atoms with Gasteiger partial charge in [0.15, 0.2) is 0 Å². The molecule has 5 nitrogen and oxygen atoms in total. The predicted molar refractivity (Wildman–Crippen MR) is 126 cm³/mol. The summed E-state index contributed by atoms with van der Waals surface area (Å²) < 4.78 is 32.8. The third kappa shape index (κ3) is 6.72. The largest absolute Gasteiger partial charge is 1.00 e. The first-order chi connectivity index (χ1) is 16.9. The zero-order chi connectivity index (χ0) is 24.8. The first kappa shape index (κ1) is 28.3. The Balaban J connectivity index is 0.00000361. The zero-order valence-electron chi connectivity index (χ0n) is 20.3. The van der Waals surface area contributed by atoms with Gasteiger partial charge in [0.05, 0.1) is 12.6 Å². The SMILES string of the molecule is O=C([O-])c1ccc(OCCCN2CCC(C(O)(c3ccc(F)cc3)c3ccc(F)cc3)CC2)cc1.[Na+]. The number of carbonyl (C=O) groups excluding carboxylic acids is 1. The Morgan fingerprint density at radius 2 is 1.42 bits per heavy atom. The van der Waals surface area contributed by atoms with Gasteiger partial charge in [-0.15, -0.1) is 0 Å². The fraction of sp³-hybridized carbons (Fsp3) is 0.321. The molecule has 4 rings (SSSR count). The summed E-state index contributed by atoms with van der Waals surface area (Å²) in [5.41, 5.74) is -0.0283. The van der Waals surface area contributed by atoms with Crippen molar-refractivity contribution in [2.24, 2.45) is 5.92 Å². The van der Waals surface area contributed by atoms with E-state index in [1.807, 2.05) is 0 Å². The number of nitrogens with zero attached hydrogens (tertiary/aromatic N) is 1. The molecule has 1 heterocycles. The minimum atomic E-state index is -1.34. The minimum absolute atomic E-state index is 0. The normalized spacial score (nSPS) is 14.8. The number of rotatable bonds is 9. The molecular formula is C28H28F2NNaO4. The number of piperidine rings is 1. The van der Waals surface area contributed by atoms with Crippen molar-refractivity contribution < 1.29 is 58.1 Å². The molecule has 8 heteroatoms. The standard InChI is InChI=1S/C28H29F2NO4.Na/c29-24-8-4-21(5-9-24)28(34,22-6-10-25(30)11-7-22)23-14-17-31(18-15-23)16-1-19-35-26-12-2-20(3-13-26)27(32)33;/h2-13,23,34H,1,14-19H2,(H,32,33);/q;+1/p-1. The summed E-state index contributed by atoms with van der Waals surface area (Å²) in [4.78, 5) is 13.1. The molecule has 0 aliphatic carbocycles. The molecule has 0 radical (unpaired) electrons. The summed E-state index contributed by atoms with van der Waals surface area (Å²) in [6.07, 6.45) is 2.26. The van der Waals surface area contributed by atoms with Crippen molar-refractivity contribution in [1.29, 1.82) is 0 Å². The first-order valence-corrected chi connectivity index (χ1v) is 11.8. The van der Waals surface area contributed by atoms with E-state index in [9.17, 15) is 23.8 Å². The Morgan fingerprint density at radius 3 is 1.89 bits per heavy atom. The second-order valence-electron chi connectivity index (χ2n) is 8.91. The van der Waals surface area contributed by atoms with Gasteiger partial charge in [0, 0.05) is 6.54 Å². The fourth-order valence-electron chi connectivity index (χ4n) is 4.79. The summed E-state index contributed by atoms with van der Waals surface area (Å²) in [6.45, 7) is 2.90. The first-order valence-electron chi connectivity index (χ1n) is 11.8. The van der Waals surface area contributed by atoms with Crippen LogP contribution in [-0.2, 0) is 5.60 Å². The van der Waals surface area contributed by atoms with Crippen LogP contribution in [0, 0.1) is 17.6 Å². The number of ether oxygens (including phenoxy) is 1. The van der Waals surface area contributed by atoms with Crippen molar-refractivity contribution in [3.63, 3.8) is 0 Å². The van der Waals surface area contributed by atoms with Crippen molar-refractivity contribution in [2.45, 2.75) is 24.9 Å². The number of carboxylic acid groups (broad SMARTS) is 1. The molecule has 0 spiro atoms. The van der Waals surface area contributed by atoms with Crippen LogP contribution in [0.5, 0.6) is 5.75 Å². The maximum atomic E-state index is 13.6. The van der Waals surface area contributed by atoms with E-state index in [1.165, 1.54) is 36.4 Å². The number of benzene rings is 3. The van der Waals surface area contributed by atoms with Crippen molar-refractivity contribution in [2.75, 3.05) is 26.2 Å². The van der Waals surface area contributed by atoms with Crippen LogP contribution in [0.2, 0.25) is 0 Å². The number of likely N-dealkylation sites (tertiary alicyclic amines) is 1. The van der Waals surface area contributed by atoms with Crippen LogP contribution < -0.4 is 39.4 Å². The van der Waals surface area contributed by atoms with Gasteiger partial charge in [0.25, 0.3) is 0 Å². The number of aliphatic hydroxyl groups is 1. The summed E-state index contributed by atoms with van der Waals surface area (Å²) in [6, 6.07) is 17.9. The Bertz CT molecular complexity index is 1070. The molecule has 0 amide bonds. The molecule has 0 unspecified atom stereocenters. The van der Waals surface area contributed by atoms with E-state index in [1.54, 1.807) is 36.4 Å². The van der Waals surface area contributed by atoms with Crippen LogP contribution in [0.4, 0.5) is 8.78 Å². The van der Waals surface area contributed by atoms with Crippen LogP contribution in [0.1, 0.15) is 40.7 Å². The van der Waals surface area contributed by atoms with Crippen molar-refractivity contribution in [1.82, 2.24) is 4.90 Å². The molecule has 1 aliphatic heterocycles. The monoisotopic (exact) mass is 503 g/mol. The second kappa shape index (κ2) is 12.8. The molecule has 3 aromatic carbocycles. The van der Waals surface area contributed by atoms with E-state index < -0.39 is 11.6 Å². The molecule has 0 aromatic heterocycles. The van der Waals surface area contributed by atoms with Gasteiger partial charge in [0.1, 0.15) is 23.0 Å². The zero-order valence-corrected chi connectivity index (χ0v) is 22.3. The maximum Gasteiger partial charge on any atom is 1.00 e. The predicted octanol–water partition coefficient (Wildman–Crippen LogP) is 0.749. The second-order valence-corrected chi connectivity index (χ2v) is 8.91. The molecule has 0 atom stereocenters. The smallest absolute Gasteiger partial charge is 0.545 e. The molecule has 36 heavy (non-hydrogen) atoms. The minimum Gasteiger partial charge on any atom is -0.545 e. The van der Waals surface area contributed by atoms with Gasteiger partial charge in [-0.25, -0.2) is 8.78 Å². The topological polar surface area (TPSA) is 72.8 Å². The number of halogens is 2. The summed E-state index contributed by atoms with van der Waals surface area (Å²) in [5.74, 6) is -1.46. The molecule has 3 aromatic rings. The molecule has 0 saturated carbocycles.